The van der Waals surface area contributed by atoms with Crippen LogP contribution in [0.15, 0.2) is 48.3 Å². The molecule has 0 bridgehead atoms. The van der Waals surface area contributed by atoms with Crippen molar-refractivity contribution in [3.05, 3.63) is 58.4 Å². The molecule has 0 saturated heterocycles. The van der Waals surface area contributed by atoms with Crippen molar-refractivity contribution < 1.29 is 19.1 Å². The zero-order valence-electron chi connectivity index (χ0n) is 15.1. The van der Waals surface area contributed by atoms with Crippen molar-refractivity contribution in [1.82, 2.24) is 4.98 Å². The highest BCUT2D eigenvalue weighted by molar-refractivity contribution is 5.88. The van der Waals surface area contributed by atoms with E-state index in [0.717, 1.165) is 23.7 Å². The first kappa shape index (κ1) is 17.3. The lowest BCUT2D eigenvalue weighted by Crippen LogP contribution is -2.28. The number of fused-ring (bicyclic) bond motifs is 1. The smallest absolute Gasteiger partial charge is 0.265 e. The first-order valence-electron chi connectivity index (χ1n) is 8.82. The Labute approximate surface area is 156 Å². The first-order chi connectivity index (χ1) is 13.1. The van der Waals surface area contributed by atoms with E-state index < -0.39 is 0 Å². The number of aromatic nitrogens is 1. The minimum atomic E-state index is -0.346. The zero-order valence-corrected chi connectivity index (χ0v) is 15.1. The number of hydrogen-bond acceptors (Lipinski definition) is 6. The van der Waals surface area contributed by atoms with Crippen molar-refractivity contribution in [1.29, 1.82) is 0 Å². The van der Waals surface area contributed by atoms with E-state index in [1.807, 2.05) is 6.07 Å². The highest BCUT2D eigenvalue weighted by Gasteiger charge is 2.39. The lowest BCUT2D eigenvalue weighted by Gasteiger charge is -2.25. The molecule has 7 nitrogen and oxygen atoms in total. The van der Waals surface area contributed by atoms with E-state index in [-0.39, 0.29) is 22.6 Å². The van der Waals surface area contributed by atoms with E-state index in [1.165, 1.54) is 6.08 Å². The molecule has 1 aromatic heterocycles. The van der Waals surface area contributed by atoms with Crippen molar-refractivity contribution in [3.8, 4) is 17.2 Å². The Morgan fingerprint density at radius 1 is 1.15 bits per heavy atom. The highest BCUT2D eigenvalue weighted by atomic mass is 16.6. The average molecular weight is 368 g/mol. The lowest BCUT2D eigenvalue weighted by atomic mass is 9.91. The summed E-state index contributed by atoms with van der Waals surface area (Å²) in [6.45, 7) is 0. The van der Waals surface area contributed by atoms with Crippen LogP contribution < -0.4 is 14.2 Å². The number of allylic oxidation sites excluding steroid dienone is 1. The summed E-state index contributed by atoms with van der Waals surface area (Å²) >= 11 is 0. The molecule has 2 aliphatic carbocycles. The van der Waals surface area contributed by atoms with Gasteiger partial charge >= 0.3 is 0 Å². The Hall–Kier alpha value is -3.09. The minimum absolute atomic E-state index is 0.00115. The second kappa shape index (κ2) is 6.90. The van der Waals surface area contributed by atoms with Crippen LogP contribution in [0.5, 0.6) is 17.2 Å². The van der Waals surface area contributed by atoms with E-state index >= 15 is 0 Å². The molecule has 0 spiro atoms. The normalized spacial score (nSPS) is 21.6. The van der Waals surface area contributed by atoms with Crippen LogP contribution in [0.3, 0.4) is 0 Å². The van der Waals surface area contributed by atoms with Gasteiger partial charge in [0.05, 0.1) is 24.7 Å². The Balaban J connectivity index is 1.69. The molecule has 2 atom stereocenters. The summed E-state index contributed by atoms with van der Waals surface area (Å²) in [6, 6.07) is 5.45. The Morgan fingerprint density at radius 2 is 1.89 bits per heavy atom. The predicted molar refractivity (Wildman–Crippen MR) is 99.7 cm³/mol. The molecule has 2 aromatic rings. The van der Waals surface area contributed by atoms with Crippen molar-refractivity contribution in [2.24, 2.45) is 11.8 Å². The van der Waals surface area contributed by atoms with Gasteiger partial charge in [0.15, 0.2) is 11.5 Å². The Kier molecular flexibility index (Phi) is 4.43. The highest BCUT2D eigenvalue weighted by Crippen LogP contribution is 2.43. The van der Waals surface area contributed by atoms with Gasteiger partial charge < -0.3 is 14.2 Å². The molecule has 27 heavy (non-hydrogen) atoms. The first-order valence-corrected chi connectivity index (χ1v) is 8.82. The van der Waals surface area contributed by atoms with E-state index in [0.29, 0.717) is 23.2 Å². The molecule has 140 valence electrons. The van der Waals surface area contributed by atoms with E-state index in [9.17, 15) is 10.1 Å². The molecule has 2 aliphatic rings. The summed E-state index contributed by atoms with van der Waals surface area (Å²) in [5.41, 5.74) is 0.868. The van der Waals surface area contributed by atoms with Gasteiger partial charge in [-0.15, -0.1) is 0 Å². The summed E-state index contributed by atoms with van der Waals surface area (Å²) in [6.07, 6.45) is 8.62. The number of methoxy groups -OCH3 is 2. The zero-order chi connectivity index (χ0) is 19.0. The van der Waals surface area contributed by atoms with Crippen molar-refractivity contribution >= 4 is 10.9 Å². The largest absolute Gasteiger partial charge is 0.493 e. The Bertz CT molecular complexity index is 949. The average Bonchev–Trinajstić information content (AvgIpc) is 3.52. The van der Waals surface area contributed by atoms with Crippen LogP contribution in [-0.2, 0) is 0 Å². The summed E-state index contributed by atoms with van der Waals surface area (Å²) in [4.78, 5) is 15.2. The van der Waals surface area contributed by atoms with Crippen LogP contribution in [0, 0.1) is 22.0 Å². The SMILES string of the molecule is COc1cc2nccc(OC3C=CC([N+](=O)[O-])=CC3C3CC3)c2cc1OC. The molecule has 1 saturated carbocycles. The number of nitrogens with zero attached hydrogens (tertiary/aromatic N) is 2. The van der Waals surface area contributed by atoms with Gasteiger partial charge in [0, 0.05) is 35.7 Å². The van der Waals surface area contributed by atoms with Gasteiger partial charge in [0.25, 0.3) is 5.70 Å². The van der Waals surface area contributed by atoms with Gasteiger partial charge in [0.2, 0.25) is 0 Å². The van der Waals surface area contributed by atoms with Crippen molar-refractivity contribution in [3.63, 3.8) is 0 Å². The van der Waals surface area contributed by atoms with Gasteiger partial charge in [-0.25, -0.2) is 0 Å². The number of hydrogen-bond donors (Lipinski definition) is 0. The molecule has 0 radical (unpaired) electrons. The number of rotatable bonds is 6. The third-order valence-electron chi connectivity index (χ3n) is 5.05. The third-order valence-corrected chi connectivity index (χ3v) is 5.05. The molecule has 1 aromatic carbocycles. The minimum Gasteiger partial charge on any atom is -0.493 e. The number of pyridine rings is 1. The molecule has 1 heterocycles. The van der Waals surface area contributed by atoms with Gasteiger partial charge in [-0.1, -0.05) is 0 Å². The maximum atomic E-state index is 11.1. The fourth-order valence-corrected chi connectivity index (χ4v) is 3.49. The van der Waals surface area contributed by atoms with Crippen LogP contribution in [0.25, 0.3) is 10.9 Å². The van der Waals surface area contributed by atoms with Crippen molar-refractivity contribution in [2.75, 3.05) is 14.2 Å². The second-order valence-electron chi connectivity index (χ2n) is 6.74. The van der Waals surface area contributed by atoms with Crippen LogP contribution >= 0.6 is 0 Å². The monoisotopic (exact) mass is 368 g/mol. The quantitative estimate of drug-likeness (QED) is 0.570. The molecule has 2 unspecified atom stereocenters. The summed E-state index contributed by atoms with van der Waals surface area (Å²) in [5.74, 6) is 2.29. The number of ether oxygens (including phenoxy) is 3. The predicted octanol–water partition coefficient (Wildman–Crippen LogP) is 3.76. The molecule has 4 rings (SSSR count). The van der Waals surface area contributed by atoms with Crippen molar-refractivity contribution in [2.45, 2.75) is 18.9 Å². The van der Waals surface area contributed by atoms with Gasteiger partial charge in [0.1, 0.15) is 11.9 Å². The van der Waals surface area contributed by atoms with Gasteiger partial charge in [-0.05, 0) is 37.0 Å². The number of nitro groups is 1. The topological polar surface area (TPSA) is 83.7 Å². The summed E-state index contributed by atoms with van der Waals surface area (Å²) in [5, 5.41) is 11.9. The van der Waals surface area contributed by atoms with E-state index in [1.54, 1.807) is 44.7 Å². The maximum Gasteiger partial charge on any atom is 0.265 e. The standard InChI is InChI=1S/C20H20N2O5/c1-25-19-10-15-16(11-20(19)26-2)21-8-7-18(15)27-17-6-5-13(22(23)24)9-14(17)12-3-4-12/h5-12,14,17H,3-4H2,1-2H3. The van der Waals surface area contributed by atoms with E-state index in [4.69, 9.17) is 14.2 Å². The molecular weight excluding hydrogens is 348 g/mol. The van der Waals surface area contributed by atoms with E-state index in [2.05, 4.69) is 4.98 Å². The fraction of sp³-hybridized carbons (Fsp3) is 0.350. The summed E-state index contributed by atoms with van der Waals surface area (Å²) < 4.78 is 17.0. The maximum absolute atomic E-state index is 11.1. The lowest BCUT2D eigenvalue weighted by molar-refractivity contribution is -0.420. The Morgan fingerprint density at radius 3 is 2.56 bits per heavy atom. The summed E-state index contributed by atoms with van der Waals surface area (Å²) in [7, 11) is 3.16. The third kappa shape index (κ3) is 3.32. The second-order valence-corrected chi connectivity index (χ2v) is 6.74. The molecular formula is C20H20N2O5. The van der Waals surface area contributed by atoms with Crippen LogP contribution in [0.1, 0.15) is 12.8 Å². The van der Waals surface area contributed by atoms with Gasteiger partial charge in [-0.3, -0.25) is 15.1 Å². The molecule has 0 aliphatic heterocycles. The molecule has 7 heteroatoms. The van der Waals surface area contributed by atoms with Crippen LogP contribution in [-0.4, -0.2) is 30.2 Å². The fourth-order valence-electron chi connectivity index (χ4n) is 3.49. The number of benzene rings is 1. The van der Waals surface area contributed by atoms with Gasteiger partial charge in [-0.2, -0.15) is 0 Å². The van der Waals surface area contributed by atoms with Crippen LogP contribution in [0.2, 0.25) is 0 Å². The molecule has 1 fully saturated rings. The van der Waals surface area contributed by atoms with Crippen LogP contribution in [0.4, 0.5) is 0 Å². The molecule has 0 N–H and O–H groups in total. The molecule has 0 amide bonds.